The molecule has 0 aliphatic carbocycles. The van der Waals surface area contributed by atoms with Crippen molar-refractivity contribution >= 4 is 5.91 Å². The van der Waals surface area contributed by atoms with Gasteiger partial charge in [0.05, 0.1) is 0 Å². The van der Waals surface area contributed by atoms with Gasteiger partial charge < -0.3 is 9.64 Å². The zero-order valence-corrected chi connectivity index (χ0v) is 12.2. The Bertz CT molecular complexity index is 419. The Morgan fingerprint density at radius 2 is 1.78 bits per heavy atom. The molecule has 0 N–H and O–H groups in total. The molecule has 0 saturated heterocycles. The molecule has 0 fully saturated rings. The van der Waals surface area contributed by atoms with E-state index in [0.29, 0.717) is 0 Å². The Balaban J connectivity index is 2.95. The van der Waals surface area contributed by atoms with E-state index in [-0.39, 0.29) is 11.3 Å². The maximum absolute atomic E-state index is 11.8. The number of rotatable bonds is 3. The number of benzene rings is 1. The maximum Gasteiger partial charge on any atom is 0.262 e. The lowest BCUT2D eigenvalue weighted by molar-refractivity contribution is -0.135. The van der Waals surface area contributed by atoms with E-state index < -0.39 is 6.10 Å². The number of hydrogen-bond donors (Lipinski definition) is 0. The number of ether oxygens (including phenoxy) is 1. The lowest BCUT2D eigenvalue weighted by Crippen LogP contribution is -2.35. The summed E-state index contributed by atoms with van der Waals surface area (Å²) < 4.78 is 5.80. The van der Waals surface area contributed by atoms with Crippen molar-refractivity contribution in [3.63, 3.8) is 0 Å². The van der Waals surface area contributed by atoms with Gasteiger partial charge in [0.2, 0.25) is 0 Å². The summed E-state index contributed by atoms with van der Waals surface area (Å²) >= 11 is 0. The van der Waals surface area contributed by atoms with Crippen LogP contribution in [0, 0.1) is 0 Å². The Morgan fingerprint density at radius 3 is 2.28 bits per heavy atom. The van der Waals surface area contributed by atoms with Crippen LogP contribution in [0.25, 0.3) is 0 Å². The summed E-state index contributed by atoms with van der Waals surface area (Å²) in [5, 5.41) is 0. The molecule has 18 heavy (non-hydrogen) atoms. The highest BCUT2D eigenvalue weighted by molar-refractivity contribution is 5.80. The molecule has 1 aromatic rings. The van der Waals surface area contributed by atoms with Crippen LogP contribution in [0.15, 0.2) is 24.3 Å². The third-order valence-corrected chi connectivity index (χ3v) is 2.79. The summed E-state index contributed by atoms with van der Waals surface area (Å²) in [5.74, 6) is 0.756. The fourth-order valence-corrected chi connectivity index (χ4v) is 1.79. The van der Waals surface area contributed by atoms with Crippen LogP contribution in [0.2, 0.25) is 0 Å². The molecule has 0 spiro atoms. The topological polar surface area (TPSA) is 29.5 Å². The third-order valence-electron chi connectivity index (χ3n) is 2.79. The molecule has 1 atom stereocenters. The maximum atomic E-state index is 11.8. The van der Waals surface area contributed by atoms with Crippen LogP contribution in [0.1, 0.15) is 33.3 Å². The van der Waals surface area contributed by atoms with E-state index in [0.717, 1.165) is 11.3 Å². The van der Waals surface area contributed by atoms with Gasteiger partial charge >= 0.3 is 0 Å². The van der Waals surface area contributed by atoms with Gasteiger partial charge in [-0.2, -0.15) is 0 Å². The first-order chi connectivity index (χ1) is 8.23. The molecule has 0 heterocycles. The zero-order valence-electron chi connectivity index (χ0n) is 12.2. The van der Waals surface area contributed by atoms with Gasteiger partial charge in [-0.1, -0.05) is 39.0 Å². The minimum atomic E-state index is -0.469. The number of nitrogens with zero attached hydrogens (tertiary/aromatic N) is 1. The molecule has 1 amide bonds. The van der Waals surface area contributed by atoms with Crippen molar-refractivity contribution in [1.29, 1.82) is 0 Å². The highest BCUT2D eigenvalue weighted by Gasteiger charge is 2.22. The predicted octanol–water partition coefficient (Wildman–Crippen LogP) is 2.84. The Labute approximate surface area is 110 Å². The standard InChI is InChI=1S/C15H23NO2/c1-11(14(17)16(5)6)18-13-10-8-7-9-12(13)15(2,3)4/h7-11H,1-6H3. The van der Waals surface area contributed by atoms with Crippen molar-refractivity contribution in [2.45, 2.75) is 39.2 Å². The van der Waals surface area contributed by atoms with E-state index in [2.05, 4.69) is 20.8 Å². The third kappa shape index (κ3) is 3.49. The number of para-hydroxylation sites is 1. The van der Waals surface area contributed by atoms with E-state index in [1.807, 2.05) is 24.3 Å². The molecule has 0 saturated carbocycles. The largest absolute Gasteiger partial charge is 0.481 e. The molecular weight excluding hydrogens is 226 g/mol. The van der Waals surface area contributed by atoms with Gasteiger partial charge in [0.15, 0.2) is 6.10 Å². The fourth-order valence-electron chi connectivity index (χ4n) is 1.79. The van der Waals surface area contributed by atoms with Crippen LogP contribution < -0.4 is 4.74 Å². The Morgan fingerprint density at radius 1 is 1.22 bits per heavy atom. The second-order valence-electron chi connectivity index (χ2n) is 5.74. The first kappa shape index (κ1) is 14.6. The monoisotopic (exact) mass is 249 g/mol. The lowest BCUT2D eigenvalue weighted by Gasteiger charge is -2.25. The van der Waals surface area contributed by atoms with Gasteiger partial charge in [-0.05, 0) is 24.0 Å². The first-order valence-electron chi connectivity index (χ1n) is 6.21. The van der Waals surface area contributed by atoms with Crippen LogP contribution >= 0.6 is 0 Å². The Kier molecular flexibility index (Phi) is 4.38. The average Bonchev–Trinajstić information content (AvgIpc) is 2.27. The molecule has 1 aromatic carbocycles. The number of hydrogen-bond acceptors (Lipinski definition) is 2. The van der Waals surface area contributed by atoms with Crippen LogP contribution in [0.4, 0.5) is 0 Å². The van der Waals surface area contributed by atoms with Crippen molar-refractivity contribution < 1.29 is 9.53 Å². The van der Waals surface area contributed by atoms with Gasteiger partial charge in [0.1, 0.15) is 5.75 Å². The average molecular weight is 249 g/mol. The highest BCUT2D eigenvalue weighted by Crippen LogP contribution is 2.31. The first-order valence-corrected chi connectivity index (χ1v) is 6.21. The minimum Gasteiger partial charge on any atom is -0.481 e. The molecule has 0 bridgehead atoms. The molecule has 0 aliphatic rings. The quantitative estimate of drug-likeness (QED) is 0.824. The van der Waals surface area contributed by atoms with Crippen molar-refractivity contribution in [2.24, 2.45) is 0 Å². The van der Waals surface area contributed by atoms with Crippen LogP contribution in [0.3, 0.4) is 0 Å². The van der Waals surface area contributed by atoms with Crippen molar-refractivity contribution in [3.8, 4) is 5.75 Å². The van der Waals surface area contributed by atoms with Gasteiger partial charge in [-0.15, -0.1) is 0 Å². The summed E-state index contributed by atoms with van der Waals surface area (Å²) in [6, 6.07) is 7.88. The summed E-state index contributed by atoms with van der Waals surface area (Å²) in [7, 11) is 3.47. The molecule has 3 nitrogen and oxygen atoms in total. The molecule has 0 aromatic heterocycles. The van der Waals surface area contributed by atoms with Gasteiger partial charge in [0, 0.05) is 14.1 Å². The smallest absolute Gasteiger partial charge is 0.262 e. The second-order valence-corrected chi connectivity index (χ2v) is 5.74. The summed E-state index contributed by atoms with van der Waals surface area (Å²) in [4.78, 5) is 13.4. The predicted molar refractivity (Wildman–Crippen MR) is 73.9 cm³/mol. The van der Waals surface area contributed by atoms with E-state index in [1.54, 1.807) is 25.9 Å². The molecule has 3 heteroatoms. The molecule has 1 rings (SSSR count). The fraction of sp³-hybridized carbons (Fsp3) is 0.533. The molecule has 0 radical (unpaired) electrons. The normalized spacial score (nSPS) is 13.0. The number of amides is 1. The van der Waals surface area contributed by atoms with Crippen LogP contribution in [0.5, 0.6) is 5.75 Å². The van der Waals surface area contributed by atoms with Gasteiger partial charge in [0.25, 0.3) is 5.91 Å². The number of carbonyl (C=O) groups is 1. The van der Waals surface area contributed by atoms with Gasteiger partial charge in [-0.3, -0.25) is 4.79 Å². The minimum absolute atomic E-state index is 0.00250. The molecule has 100 valence electrons. The number of carbonyl (C=O) groups excluding carboxylic acids is 1. The second kappa shape index (κ2) is 5.42. The summed E-state index contributed by atoms with van der Waals surface area (Å²) in [6.45, 7) is 8.18. The lowest BCUT2D eigenvalue weighted by atomic mass is 9.86. The van der Waals surface area contributed by atoms with E-state index >= 15 is 0 Å². The Hall–Kier alpha value is -1.51. The summed E-state index contributed by atoms with van der Waals surface area (Å²) in [6.07, 6.45) is -0.469. The van der Waals surface area contributed by atoms with Gasteiger partial charge in [-0.25, -0.2) is 0 Å². The zero-order chi connectivity index (χ0) is 13.9. The van der Waals surface area contributed by atoms with Crippen molar-refractivity contribution in [2.75, 3.05) is 14.1 Å². The molecule has 0 aliphatic heterocycles. The van der Waals surface area contributed by atoms with Crippen LogP contribution in [-0.4, -0.2) is 31.0 Å². The molecular formula is C15H23NO2. The van der Waals surface area contributed by atoms with Crippen molar-refractivity contribution in [1.82, 2.24) is 4.90 Å². The van der Waals surface area contributed by atoms with Crippen molar-refractivity contribution in [3.05, 3.63) is 29.8 Å². The van der Waals surface area contributed by atoms with E-state index in [4.69, 9.17) is 4.74 Å². The highest BCUT2D eigenvalue weighted by atomic mass is 16.5. The van der Waals surface area contributed by atoms with E-state index in [9.17, 15) is 4.79 Å². The number of likely N-dealkylation sites (N-methyl/N-ethyl adjacent to an activating group) is 1. The van der Waals surface area contributed by atoms with Crippen LogP contribution in [-0.2, 0) is 10.2 Å². The summed E-state index contributed by atoms with van der Waals surface area (Å²) in [5.41, 5.74) is 1.11. The van der Waals surface area contributed by atoms with E-state index in [1.165, 1.54) is 0 Å². The SMILES string of the molecule is CC(Oc1ccccc1C(C)(C)C)C(=O)N(C)C. The molecule has 1 unspecified atom stereocenters.